The van der Waals surface area contributed by atoms with E-state index in [1.54, 1.807) is 6.92 Å². The summed E-state index contributed by atoms with van der Waals surface area (Å²) < 4.78 is 5.71. The van der Waals surface area contributed by atoms with Crippen molar-refractivity contribution in [3.63, 3.8) is 0 Å². The molecule has 2 aromatic rings. The predicted molar refractivity (Wildman–Crippen MR) is 118 cm³/mol. The van der Waals surface area contributed by atoms with Crippen molar-refractivity contribution < 1.29 is 19.1 Å². The zero-order valence-electron chi connectivity index (χ0n) is 16.9. The number of carbonyl (C=O) groups excluding carboxylic acids is 3. The van der Waals surface area contributed by atoms with Gasteiger partial charge in [0, 0.05) is 10.0 Å². The van der Waals surface area contributed by atoms with Crippen LogP contribution in [0.25, 0.3) is 10.6 Å². The van der Waals surface area contributed by atoms with E-state index in [2.05, 4.69) is 42.1 Å². The maximum atomic E-state index is 12.8. The molecule has 2 atom stereocenters. The van der Waals surface area contributed by atoms with Crippen molar-refractivity contribution >= 4 is 50.3 Å². The Morgan fingerprint density at radius 3 is 2.50 bits per heavy atom. The maximum Gasteiger partial charge on any atom is 0.325 e. The Hall–Kier alpha value is -2.53. The summed E-state index contributed by atoms with van der Waals surface area (Å²) in [4.78, 5) is 36.3. The lowest BCUT2D eigenvalue weighted by Crippen LogP contribution is -2.51. The van der Waals surface area contributed by atoms with E-state index in [0.29, 0.717) is 16.6 Å². The molecule has 0 bridgehead atoms. The van der Waals surface area contributed by atoms with Crippen LogP contribution in [0.15, 0.2) is 28.7 Å². The Morgan fingerprint density at radius 1 is 1.17 bits per heavy atom. The van der Waals surface area contributed by atoms with E-state index in [1.165, 1.54) is 11.3 Å². The molecule has 0 aliphatic heterocycles. The maximum absolute atomic E-state index is 12.8. The monoisotopic (exact) mass is 497 g/mol. The van der Waals surface area contributed by atoms with E-state index in [1.807, 2.05) is 38.1 Å². The van der Waals surface area contributed by atoms with Crippen LogP contribution in [0.1, 0.15) is 27.2 Å². The number of esters is 1. The summed E-state index contributed by atoms with van der Waals surface area (Å²) in [5, 5.41) is 16.8. The number of rotatable bonds is 9. The fraction of sp³-hybridized carbons (Fsp3) is 0.421. The van der Waals surface area contributed by atoms with Crippen molar-refractivity contribution in [2.45, 2.75) is 33.2 Å². The van der Waals surface area contributed by atoms with Crippen LogP contribution in [-0.4, -0.2) is 47.3 Å². The molecule has 9 nitrogen and oxygen atoms in total. The predicted octanol–water partition coefficient (Wildman–Crippen LogP) is 3.18. The van der Waals surface area contributed by atoms with Crippen LogP contribution in [-0.2, 0) is 14.3 Å². The van der Waals surface area contributed by atoms with Crippen LogP contribution in [0, 0.1) is 5.92 Å². The molecule has 11 heteroatoms. The third-order valence-corrected chi connectivity index (χ3v) is 5.64. The van der Waals surface area contributed by atoms with Gasteiger partial charge in [0.25, 0.3) is 0 Å². The quantitative estimate of drug-likeness (QED) is 0.457. The van der Waals surface area contributed by atoms with Crippen molar-refractivity contribution in [3.8, 4) is 10.6 Å². The van der Waals surface area contributed by atoms with E-state index in [-0.39, 0.29) is 19.1 Å². The minimum absolute atomic E-state index is 0.141. The van der Waals surface area contributed by atoms with Gasteiger partial charge in [0.2, 0.25) is 11.0 Å². The minimum atomic E-state index is -0.808. The van der Waals surface area contributed by atoms with Crippen LogP contribution in [0.3, 0.4) is 0 Å². The second-order valence-corrected chi connectivity index (χ2v) is 8.30. The smallest absolute Gasteiger partial charge is 0.325 e. The number of nitrogens with zero attached hydrogens (tertiary/aromatic N) is 2. The van der Waals surface area contributed by atoms with E-state index >= 15 is 0 Å². The highest BCUT2D eigenvalue weighted by Gasteiger charge is 2.27. The number of halogens is 1. The number of anilines is 1. The number of aromatic nitrogens is 2. The number of benzene rings is 1. The van der Waals surface area contributed by atoms with E-state index in [9.17, 15) is 14.4 Å². The van der Waals surface area contributed by atoms with Gasteiger partial charge in [0.05, 0.1) is 6.61 Å². The lowest BCUT2D eigenvalue weighted by molar-refractivity contribution is -0.141. The summed E-state index contributed by atoms with van der Waals surface area (Å²) in [7, 11) is 0. The molecular weight excluding hydrogens is 474 g/mol. The second-order valence-electron chi connectivity index (χ2n) is 6.40. The average molecular weight is 498 g/mol. The van der Waals surface area contributed by atoms with E-state index < -0.39 is 23.9 Å². The molecule has 3 amide bonds. The number of hydrogen-bond donors (Lipinski definition) is 3. The average Bonchev–Trinajstić information content (AvgIpc) is 3.19. The second kappa shape index (κ2) is 11.6. The van der Waals surface area contributed by atoms with Crippen molar-refractivity contribution in [2.75, 3.05) is 18.5 Å². The zero-order chi connectivity index (χ0) is 22.1. The summed E-state index contributed by atoms with van der Waals surface area (Å²) in [5.74, 6) is -1.10. The Balaban J connectivity index is 2.00. The van der Waals surface area contributed by atoms with Gasteiger partial charge in [-0.05, 0) is 25.0 Å². The number of ether oxygens (including phenoxy) is 1. The lowest BCUT2D eigenvalue weighted by Gasteiger charge is -2.23. The fourth-order valence-electron chi connectivity index (χ4n) is 2.42. The van der Waals surface area contributed by atoms with Crippen LogP contribution < -0.4 is 16.0 Å². The lowest BCUT2D eigenvalue weighted by atomic mass is 9.98. The Kier molecular flexibility index (Phi) is 9.18. The molecule has 0 unspecified atom stereocenters. The first-order valence-corrected chi connectivity index (χ1v) is 11.0. The summed E-state index contributed by atoms with van der Waals surface area (Å²) in [6, 6.07) is 6.15. The van der Waals surface area contributed by atoms with Gasteiger partial charge in [-0.25, -0.2) is 4.79 Å². The van der Waals surface area contributed by atoms with Crippen LogP contribution in [0.5, 0.6) is 0 Å². The van der Waals surface area contributed by atoms with E-state index in [0.717, 1.165) is 10.0 Å². The Labute approximate surface area is 187 Å². The van der Waals surface area contributed by atoms with Gasteiger partial charge in [0.1, 0.15) is 17.6 Å². The fourth-order valence-corrected chi connectivity index (χ4v) is 3.44. The molecule has 0 spiro atoms. The molecule has 0 saturated heterocycles. The molecule has 162 valence electrons. The molecule has 0 radical (unpaired) electrons. The number of nitrogens with one attached hydrogen (secondary N) is 3. The van der Waals surface area contributed by atoms with E-state index in [4.69, 9.17) is 4.74 Å². The summed E-state index contributed by atoms with van der Waals surface area (Å²) in [5.41, 5.74) is 0.881. The molecule has 30 heavy (non-hydrogen) atoms. The van der Waals surface area contributed by atoms with Crippen molar-refractivity contribution in [2.24, 2.45) is 5.92 Å². The Morgan fingerprint density at radius 2 is 1.87 bits per heavy atom. The largest absolute Gasteiger partial charge is 0.465 e. The van der Waals surface area contributed by atoms with Crippen LogP contribution in [0.2, 0.25) is 0 Å². The molecule has 0 saturated carbocycles. The van der Waals surface area contributed by atoms with Crippen LogP contribution >= 0.6 is 27.3 Å². The number of amides is 3. The molecule has 0 fully saturated rings. The molecule has 2 rings (SSSR count). The molecule has 1 aromatic heterocycles. The van der Waals surface area contributed by atoms with Crippen molar-refractivity contribution in [1.82, 2.24) is 20.8 Å². The zero-order valence-corrected chi connectivity index (χ0v) is 19.3. The van der Waals surface area contributed by atoms with Crippen LogP contribution in [0.4, 0.5) is 9.93 Å². The number of urea groups is 1. The van der Waals surface area contributed by atoms with Crippen molar-refractivity contribution in [3.05, 3.63) is 28.7 Å². The third-order valence-electron chi connectivity index (χ3n) is 4.23. The van der Waals surface area contributed by atoms with Gasteiger partial charge in [-0.2, -0.15) is 0 Å². The number of hydrogen-bond acceptors (Lipinski definition) is 7. The molecule has 0 aliphatic rings. The molecular formula is C19H24BrN5O4S. The third kappa shape index (κ3) is 7.06. The first-order chi connectivity index (χ1) is 14.3. The molecule has 1 aromatic carbocycles. The van der Waals surface area contributed by atoms with Gasteiger partial charge < -0.3 is 15.4 Å². The molecule has 3 N–H and O–H groups in total. The summed E-state index contributed by atoms with van der Waals surface area (Å²) >= 11 is 4.62. The highest BCUT2D eigenvalue weighted by molar-refractivity contribution is 9.10. The molecule has 0 aliphatic carbocycles. The van der Waals surface area contributed by atoms with Gasteiger partial charge >= 0.3 is 12.0 Å². The molecule has 1 heterocycles. The van der Waals surface area contributed by atoms with Gasteiger partial charge in [-0.3, -0.25) is 14.9 Å². The normalized spacial score (nSPS) is 12.5. The minimum Gasteiger partial charge on any atom is -0.465 e. The first-order valence-electron chi connectivity index (χ1n) is 9.44. The number of carbonyl (C=O) groups is 3. The van der Waals surface area contributed by atoms with Gasteiger partial charge in [-0.1, -0.05) is 59.7 Å². The topological polar surface area (TPSA) is 122 Å². The highest BCUT2D eigenvalue weighted by Crippen LogP contribution is 2.27. The standard InChI is InChI=1S/C19H24BrN5O4S/c1-4-11(3)15(22-18(28)21-10-14(26)29-5-2)16(27)23-19-25-24-17(30-19)12-6-8-13(20)9-7-12/h6-9,11,15H,4-5,10H2,1-3H3,(H2,21,22,28)(H,23,25,27)/t11-,15+/m0/s1. The Bertz CT molecular complexity index is 874. The highest BCUT2D eigenvalue weighted by atomic mass is 79.9. The van der Waals surface area contributed by atoms with Crippen molar-refractivity contribution in [1.29, 1.82) is 0 Å². The van der Waals surface area contributed by atoms with Gasteiger partial charge in [-0.15, -0.1) is 10.2 Å². The first kappa shape index (κ1) is 23.7. The van der Waals surface area contributed by atoms with Gasteiger partial charge in [0.15, 0.2) is 0 Å². The SMILES string of the molecule is CCOC(=O)CNC(=O)N[C@@H](C(=O)Nc1nnc(-c2ccc(Br)cc2)s1)[C@@H](C)CC. The summed E-state index contributed by atoms with van der Waals surface area (Å²) in [6.07, 6.45) is 0.663. The summed E-state index contributed by atoms with van der Waals surface area (Å²) in [6.45, 7) is 5.39.